The summed E-state index contributed by atoms with van der Waals surface area (Å²) in [6, 6.07) is 9.52. The van der Waals surface area contributed by atoms with Gasteiger partial charge in [0.05, 0.1) is 12.8 Å². The average Bonchev–Trinajstić information content (AvgIpc) is 3.10. The van der Waals surface area contributed by atoms with E-state index in [1.807, 2.05) is 28.1 Å². The first-order chi connectivity index (χ1) is 10.2. The molecule has 3 aromatic rings. The van der Waals surface area contributed by atoms with E-state index in [1.165, 1.54) is 4.88 Å². The molecular weight excluding hydrogens is 326 g/mol. The molecule has 0 unspecified atom stereocenters. The summed E-state index contributed by atoms with van der Waals surface area (Å²) in [6.45, 7) is 0. The van der Waals surface area contributed by atoms with Gasteiger partial charge in [-0.25, -0.2) is 0 Å². The van der Waals surface area contributed by atoms with Gasteiger partial charge in [0.1, 0.15) is 11.6 Å². The number of nitrogens with zero attached hydrogens (tertiary/aromatic N) is 2. The highest BCUT2D eigenvalue weighted by atomic mass is 35.5. The van der Waals surface area contributed by atoms with Crippen molar-refractivity contribution in [2.75, 3.05) is 7.11 Å². The minimum atomic E-state index is 0.516. The highest BCUT2D eigenvalue weighted by molar-refractivity contribution is 7.71. The van der Waals surface area contributed by atoms with Crippen LogP contribution in [0.25, 0.3) is 5.69 Å². The molecule has 0 aliphatic rings. The molecule has 1 aromatic carbocycles. The van der Waals surface area contributed by atoms with Crippen LogP contribution in [-0.2, 0) is 6.42 Å². The third-order valence-corrected chi connectivity index (χ3v) is 4.42. The summed E-state index contributed by atoms with van der Waals surface area (Å²) in [5.74, 6) is 1.52. The highest BCUT2D eigenvalue weighted by Crippen LogP contribution is 2.28. The largest absolute Gasteiger partial charge is 0.495 e. The Morgan fingerprint density at radius 2 is 2.29 bits per heavy atom. The predicted octanol–water partition coefficient (Wildman–Crippen LogP) is 4.24. The Labute approximate surface area is 136 Å². The second kappa shape index (κ2) is 6.01. The van der Waals surface area contributed by atoms with Crippen molar-refractivity contribution < 1.29 is 4.74 Å². The maximum atomic E-state index is 6.11. The molecule has 0 amide bonds. The van der Waals surface area contributed by atoms with Gasteiger partial charge in [-0.2, -0.15) is 5.10 Å². The molecule has 108 valence electrons. The molecule has 0 fully saturated rings. The zero-order valence-corrected chi connectivity index (χ0v) is 13.6. The Hall–Kier alpha value is -1.63. The highest BCUT2D eigenvalue weighted by Gasteiger charge is 2.14. The number of aromatic amines is 1. The summed E-state index contributed by atoms with van der Waals surface area (Å²) in [5, 5.41) is 9.83. The Morgan fingerprint density at radius 3 is 3.00 bits per heavy atom. The molecule has 0 radical (unpaired) electrons. The number of hydrogen-bond donors (Lipinski definition) is 1. The summed E-state index contributed by atoms with van der Waals surface area (Å²) >= 11 is 13.1. The van der Waals surface area contributed by atoms with Crippen LogP contribution in [0.3, 0.4) is 0 Å². The lowest BCUT2D eigenvalue weighted by Gasteiger charge is -2.11. The zero-order chi connectivity index (χ0) is 14.8. The lowest BCUT2D eigenvalue weighted by atomic mass is 10.2. The van der Waals surface area contributed by atoms with E-state index in [0.717, 1.165) is 11.5 Å². The van der Waals surface area contributed by atoms with Crippen molar-refractivity contribution in [2.24, 2.45) is 0 Å². The van der Waals surface area contributed by atoms with Gasteiger partial charge < -0.3 is 4.74 Å². The first-order valence-corrected chi connectivity index (χ1v) is 7.88. The molecule has 0 aliphatic carbocycles. The maximum absolute atomic E-state index is 6.11. The van der Waals surface area contributed by atoms with Crippen molar-refractivity contribution in [3.05, 3.63) is 56.2 Å². The number of ether oxygens (including phenoxy) is 1. The van der Waals surface area contributed by atoms with E-state index in [0.29, 0.717) is 22.0 Å². The van der Waals surface area contributed by atoms with Gasteiger partial charge in [-0.05, 0) is 41.9 Å². The van der Waals surface area contributed by atoms with Crippen molar-refractivity contribution in [1.29, 1.82) is 0 Å². The van der Waals surface area contributed by atoms with Gasteiger partial charge >= 0.3 is 0 Å². The normalized spacial score (nSPS) is 10.8. The molecule has 3 rings (SSSR count). The fraction of sp³-hybridized carbons (Fsp3) is 0.143. The van der Waals surface area contributed by atoms with Crippen LogP contribution in [0, 0.1) is 4.77 Å². The summed E-state index contributed by atoms with van der Waals surface area (Å²) < 4.78 is 7.78. The first-order valence-electron chi connectivity index (χ1n) is 6.21. The number of halogens is 1. The molecule has 2 aromatic heterocycles. The molecule has 21 heavy (non-hydrogen) atoms. The lowest BCUT2D eigenvalue weighted by Crippen LogP contribution is -2.04. The summed E-state index contributed by atoms with van der Waals surface area (Å²) in [5.41, 5.74) is 0.787. The number of thiophene rings is 1. The Balaban J connectivity index is 2.12. The zero-order valence-electron chi connectivity index (χ0n) is 11.2. The Morgan fingerprint density at radius 1 is 1.43 bits per heavy atom. The van der Waals surface area contributed by atoms with Crippen LogP contribution in [0.4, 0.5) is 0 Å². The van der Waals surface area contributed by atoms with Crippen LogP contribution < -0.4 is 4.74 Å². The monoisotopic (exact) mass is 337 g/mol. The Bertz CT molecular complexity index is 808. The molecular formula is C14H12ClN3OS2. The van der Waals surface area contributed by atoms with E-state index in [1.54, 1.807) is 24.5 Å². The van der Waals surface area contributed by atoms with E-state index in [2.05, 4.69) is 16.3 Å². The molecule has 1 N–H and O–H groups in total. The van der Waals surface area contributed by atoms with Gasteiger partial charge in [0.25, 0.3) is 0 Å². The van der Waals surface area contributed by atoms with E-state index < -0.39 is 0 Å². The summed E-state index contributed by atoms with van der Waals surface area (Å²) in [6.07, 6.45) is 0.695. The number of rotatable bonds is 4. The number of benzene rings is 1. The molecule has 7 heteroatoms. The van der Waals surface area contributed by atoms with Crippen LogP contribution in [0.5, 0.6) is 5.75 Å². The first kappa shape index (κ1) is 14.3. The third kappa shape index (κ3) is 2.88. The van der Waals surface area contributed by atoms with Gasteiger partial charge in [0.15, 0.2) is 4.77 Å². The van der Waals surface area contributed by atoms with Crippen molar-refractivity contribution >= 4 is 35.2 Å². The second-order valence-corrected chi connectivity index (χ2v) is 6.21. The van der Waals surface area contributed by atoms with Crippen LogP contribution >= 0.6 is 35.2 Å². The van der Waals surface area contributed by atoms with Gasteiger partial charge in [-0.1, -0.05) is 17.7 Å². The molecule has 0 saturated heterocycles. The average molecular weight is 338 g/mol. The number of methoxy groups -OCH3 is 1. The Kier molecular flexibility index (Phi) is 4.10. The van der Waals surface area contributed by atoms with E-state index in [-0.39, 0.29) is 0 Å². The van der Waals surface area contributed by atoms with Crippen molar-refractivity contribution in [2.45, 2.75) is 6.42 Å². The number of H-pyrrole nitrogens is 1. The molecule has 0 bridgehead atoms. The summed E-state index contributed by atoms with van der Waals surface area (Å²) in [4.78, 5) is 1.21. The standard InChI is InChI=1S/C14H12ClN3OS2/c1-19-12-5-4-9(15)7-11(12)18-13(16-17-14(18)20)8-10-3-2-6-21-10/h2-7H,8H2,1H3,(H,17,20). The minimum absolute atomic E-state index is 0.516. The number of hydrogen-bond acceptors (Lipinski definition) is 4. The van der Waals surface area contributed by atoms with E-state index in [4.69, 9.17) is 28.6 Å². The van der Waals surface area contributed by atoms with Crippen LogP contribution in [0.2, 0.25) is 5.02 Å². The molecule has 0 saturated carbocycles. The molecule has 0 aliphatic heterocycles. The number of aromatic nitrogens is 3. The molecule has 4 nitrogen and oxygen atoms in total. The predicted molar refractivity (Wildman–Crippen MR) is 87.4 cm³/mol. The van der Waals surface area contributed by atoms with Crippen molar-refractivity contribution in [1.82, 2.24) is 14.8 Å². The SMILES string of the molecule is COc1ccc(Cl)cc1-n1c(Cc2cccs2)n[nH]c1=S. The minimum Gasteiger partial charge on any atom is -0.495 e. The van der Waals surface area contributed by atoms with Crippen LogP contribution in [0.15, 0.2) is 35.7 Å². The van der Waals surface area contributed by atoms with E-state index in [9.17, 15) is 0 Å². The van der Waals surface area contributed by atoms with Gasteiger partial charge in [0.2, 0.25) is 0 Å². The smallest absolute Gasteiger partial charge is 0.200 e. The van der Waals surface area contributed by atoms with Crippen LogP contribution in [-0.4, -0.2) is 21.9 Å². The van der Waals surface area contributed by atoms with Crippen LogP contribution in [0.1, 0.15) is 10.7 Å². The number of nitrogens with one attached hydrogen (secondary N) is 1. The molecule has 0 atom stereocenters. The third-order valence-electron chi connectivity index (χ3n) is 3.04. The fourth-order valence-electron chi connectivity index (χ4n) is 2.10. The van der Waals surface area contributed by atoms with Gasteiger partial charge in [-0.15, -0.1) is 11.3 Å². The molecule has 0 spiro atoms. The maximum Gasteiger partial charge on any atom is 0.200 e. The van der Waals surface area contributed by atoms with Gasteiger partial charge in [-0.3, -0.25) is 9.67 Å². The lowest BCUT2D eigenvalue weighted by molar-refractivity contribution is 0.412. The quantitative estimate of drug-likeness (QED) is 0.724. The van der Waals surface area contributed by atoms with E-state index >= 15 is 0 Å². The summed E-state index contributed by atoms with van der Waals surface area (Å²) in [7, 11) is 1.62. The second-order valence-electron chi connectivity index (χ2n) is 4.35. The van der Waals surface area contributed by atoms with Crippen molar-refractivity contribution in [3.63, 3.8) is 0 Å². The van der Waals surface area contributed by atoms with Crippen molar-refractivity contribution in [3.8, 4) is 11.4 Å². The van der Waals surface area contributed by atoms with Gasteiger partial charge in [0, 0.05) is 16.3 Å². The topological polar surface area (TPSA) is 42.8 Å². The molecule has 2 heterocycles. The fourth-order valence-corrected chi connectivity index (χ4v) is 3.22.